The maximum atomic E-state index is 12.2. The number of nitrogens with zero attached hydrogens (tertiary/aromatic N) is 4. The van der Waals surface area contributed by atoms with Crippen molar-refractivity contribution in [2.75, 3.05) is 5.75 Å². The van der Waals surface area contributed by atoms with E-state index in [2.05, 4.69) is 27.8 Å². The molecule has 6 nitrogen and oxygen atoms in total. The van der Waals surface area contributed by atoms with E-state index in [9.17, 15) is 4.79 Å². The fourth-order valence-electron chi connectivity index (χ4n) is 3.10. The molecule has 24 heavy (non-hydrogen) atoms. The lowest BCUT2D eigenvalue weighted by Crippen LogP contribution is -2.41. The van der Waals surface area contributed by atoms with Crippen molar-refractivity contribution in [1.29, 1.82) is 0 Å². The van der Waals surface area contributed by atoms with Gasteiger partial charge in [-0.15, -0.1) is 5.10 Å². The molecule has 1 amide bonds. The molecule has 1 aromatic heterocycles. The van der Waals surface area contributed by atoms with E-state index in [0.29, 0.717) is 22.9 Å². The Hall–Kier alpha value is -1.89. The van der Waals surface area contributed by atoms with Crippen molar-refractivity contribution in [1.82, 2.24) is 25.5 Å². The van der Waals surface area contributed by atoms with Crippen molar-refractivity contribution in [2.24, 2.45) is 5.92 Å². The Morgan fingerprint density at radius 3 is 3.00 bits per heavy atom. The number of carbonyl (C=O) groups is 1. The number of amides is 1. The first-order valence-electron chi connectivity index (χ1n) is 8.41. The molecule has 1 saturated carbocycles. The summed E-state index contributed by atoms with van der Waals surface area (Å²) in [7, 11) is 0. The fraction of sp³-hybridized carbons (Fsp3) is 0.529. The van der Waals surface area contributed by atoms with Crippen LogP contribution in [0.5, 0.6) is 0 Å². The molecule has 2 atom stereocenters. The zero-order valence-electron chi connectivity index (χ0n) is 14.1. The number of hydrogen-bond acceptors (Lipinski definition) is 5. The Labute approximate surface area is 146 Å². The van der Waals surface area contributed by atoms with Crippen molar-refractivity contribution in [3.8, 4) is 5.69 Å². The molecule has 1 N–H and O–H groups in total. The molecule has 0 aliphatic heterocycles. The van der Waals surface area contributed by atoms with Crippen LogP contribution in [0.4, 0.5) is 0 Å². The summed E-state index contributed by atoms with van der Waals surface area (Å²) in [6, 6.07) is 8.28. The average molecular weight is 345 g/mol. The Morgan fingerprint density at radius 1 is 1.38 bits per heavy atom. The van der Waals surface area contributed by atoms with Gasteiger partial charge in [0.1, 0.15) is 0 Å². The lowest BCUT2D eigenvalue weighted by molar-refractivity contribution is -0.119. The first-order chi connectivity index (χ1) is 11.6. The molecule has 2 aromatic rings. The number of benzene rings is 1. The van der Waals surface area contributed by atoms with Gasteiger partial charge in [0.2, 0.25) is 11.1 Å². The van der Waals surface area contributed by atoms with Crippen LogP contribution in [0.2, 0.25) is 0 Å². The SMILES string of the molecule is Cc1cccc(-n2nnnc2SCC(=O)N[C@H]2CCCC[C@H]2C)c1. The van der Waals surface area contributed by atoms with Crippen LogP contribution in [0.3, 0.4) is 0 Å². The minimum Gasteiger partial charge on any atom is -0.352 e. The van der Waals surface area contributed by atoms with Crippen molar-refractivity contribution in [3.05, 3.63) is 29.8 Å². The van der Waals surface area contributed by atoms with Gasteiger partial charge in [-0.25, -0.2) is 0 Å². The lowest BCUT2D eigenvalue weighted by Gasteiger charge is -2.29. The summed E-state index contributed by atoms with van der Waals surface area (Å²) in [5.74, 6) is 0.943. The summed E-state index contributed by atoms with van der Waals surface area (Å²) in [6.45, 7) is 4.25. The highest BCUT2D eigenvalue weighted by atomic mass is 32.2. The number of hydrogen-bond donors (Lipinski definition) is 1. The van der Waals surface area contributed by atoms with E-state index < -0.39 is 0 Å². The zero-order valence-corrected chi connectivity index (χ0v) is 14.9. The van der Waals surface area contributed by atoms with Gasteiger partial charge in [-0.05, 0) is 53.8 Å². The summed E-state index contributed by atoms with van der Waals surface area (Å²) < 4.78 is 1.67. The van der Waals surface area contributed by atoms with E-state index >= 15 is 0 Å². The second-order valence-electron chi connectivity index (χ2n) is 6.44. The third-order valence-electron chi connectivity index (χ3n) is 4.48. The Bertz CT molecular complexity index is 702. The van der Waals surface area contributed by atoms with Gasteiger partial charge in [0.25, 0.3) is 0 Å². The first kappa shape index (κ1) is 17.0. The van der Waals surface area contributed by atoms with Gasteiger partial charge in [-0.2, -0.15) is 4.68 Å². The van der Waals surface area contributed by atoms with E-state index in [1.165, 1.54) is 31.0 Å². The number of rotatable bonds is 5. The van der Waals surface area contributed by atoms with Crippen LogP contribution in [-0.4, -0.2) is 37.9 Å². The molecule has 3 rings (SSSR count). The molecule has 0 unspecified atom stereocenters. The minimum atomic E-state index is 0.0533. The summed E-state index contributed by atoms with van der Waals surface area (Å²) in [5, 5.41) is 15.6. The van der Waals surface area contributed by atoms with Crippen LogP contribution < -0.4 is 5.32 Å². The first-order valence-corrected chi connectivity index (χ1v) is 9.39. The number of tetrazole rings is 1. The summed E-state index contributed by atoms with van der Waals surface area (Å²) in [6.07, 6.45) is 4.75. The summed E-state index contributed by atoms with van der Waals surface area (Å²) in [5.41, 5.74) is 2.05. The maximum absolute atomic E-state index is 12.2. The van der Waals surface area contributed by atoms with Gasteiger partial charge in [0, 0.05) is 6.04 Å². The minimum absolute atomic E-state index is 0.0533. The molecule has 1 aliphatic carbocycles. The van der Waals surface area contributed by atoms with E-state index in [4.69, 9.17) is 0 Å². The van der Waals surface area contributed by atoms with Gasteiger partial charge in [-0.1, -0.05) is 43.7 Å². The van der Waals surface area contributed by atoms with Crippen molar-refractivity contribution < 1.29 is 4.79 Å². The van der Waals surface area contributed by atoms with E-state index in [0.717, 1.165) is 17.7 Å². The van der Waals surface area contributed by atoms with Gasteiger partial charge < -0.3 is 5.32 Å². The molecule has 0 saturated heterocycles. The smallest absolute Gasteiger partial charge is 0.230 e. The predicted octanol–water partition coefficient (Wildman–Crippen LogP) is 2.76. The van der Waals surface area contributed by atoms with Crippen LogP contribution in [0.1, 0.15) is 38.2 Å². The van der Waals surface area contributed by atoms with Gasteiger partial charge in [0.15, 0.2) is 0 Å². The number of carbonyl (C=O) groups excluding carboxylic acids is 1. The van der Waals surface area contributed by atoms with Gasteiger partial charge in [-0.3, -0.25) is 4.79 Å². The Balaban J connectivity index is 1.59. The standard InChI is InChI=1S/C17H23N5OS/c1-12-6-5-8-14(10-12)22-17(19-20-21-22)24-11-16(23)18-15-9-4-3-7-13(15)2/h5-6,8,10,13,15H,3-4,7,9,11H2,1-2H3,(H,18,23)/t13-,15+/m1/s1. The number of nitrogens with one attached hydrogen (secondary N) is 1. The highest BCUT2D eigenvalue weighted by Crippen LogP contribution is 2.24. The molecule has 0 spiro atoms. The number of aromatic nitrogens is 4. The largest absolute Gasteiger partial charge is 0.352 e. The highest BCUT2D eigenvalue weighted by Gasteiger charge is 2.23. The van der Waals surface area contributed by atoms with E-state index in [1.807, 2.05) is 31.2 Å². The van der Waals surface area contributed by atoms with Crippen LogP contribution in [0.15, 0.2) is 29.4 Å². The molecule has 1 aliphatic rings. The van der Waals surface area contributed by atoms with Crippen LogP contribution in [0.25, 0.3) is 5.69 Å². The number of thioether (sulfide) groups is 1. The van der Waals surface area contributed by atoms with Crippen molar-refractivity contribution in [3.63, 3.8) is 0 Å². The summed E-state index contributed by atoms with van der Waals surface area (Å²) >= 11 is 1.37. The molecule has 128 valence electrons. The fourth-order valence-corrected chi connectivity index (χ4v) is 3.80. The van der Waals surface area contributed by atoms with E-state index in [-0.39, 0.29) is 5.91 Å². The third-order valence-corrected chi connectivity index (χ3v) is 5.40. The second kappa shape index (κ2) is 7.79. The van der Waals surface area contributed by atoms with Crippen LogP contribution in [-0.2, 0) is 4.79 Å². The number of aryl methyl sites for hydroxylation is 1. The van der Waals surface area contributed by atoms with Crippen LogP contribution >= 0.6 is 11.8 Å². The molecule has 0 radical (unpaired) electrons. The second-order valence-corrected chi connectivity index (χ2v) is 7.38. The predicted molar refractivity (Wildman–Crippen MR) is 94.2 cm³/mol. The molecule has 1 heterocycles. The normalized spacial score (nSPS) is 20.8. The van der Waals surface area contributed by atoms with Crippen molar-refractivity contribution in [2.45, 2.75) is 50.7 Å². The van der Waals surface area contributed by atoms with Crippen LogP contribution in [0, 0.1) is 12.8 Å². The monoisotopic (exact) mass is 345 g/mol. The molecule has 1 fully saturated rings. The molecule has 1 aromatic carbocycles. The Kier molecular flexibility index (Phi) is 5.50. The quantitative estimate of drug-likeness (QED) is 0.844. The van der Waals surface area contributed by atoms with Crippen molar-refractivity contribution >= 4 is 17.7 Å². The highest BCUT2D eigenvalue weighted by molar-refractivity contribution is 7.99. The maximum Gasteiger partial charge on any atom is 0.230 e. The average Bonchev–Trinajstić information content (AvgIpc) is 3.04. The summed E-state index contributed by atoms with van der Waals surface area (Å²) in [4.78, 5) is 12.2. The molecular weight excluding hydrogens is 322 g/mol. The van der Waals surface area contributed by atoms with E-state index in [1.54, 1.807) is 4.68 Å². The van der Waals surface area contributed by atoms with Gasteiger partial charge in [0.05, 0.1) is 11.4 Å². The van der Waals surface area contributed by atoms with Gasteiger partial charge >= 0.3 is 0 Å². The Morgan fingerprint density at radius 2 is 2.21 bits per heavy atom. The zero-order chi connectivity index (χ0) is 16.9. The molecule has 7 heteroatoms. The topological polar surface area (TPSA) is 72.7 Å². The third kappa shape index (κ3) is 4.14. The lowest BCUT2D eigenvalue weighted by atomic mass is 9.86. The molecule has 0 bridgehead atoms. The molecular formula is C17H23N5OS.